The van der Waals surface area contributed by atoms with E-state index in [1.54, 1.807) is 0 Å². The lowest BCUT2D eigenvalue weighted by molar-refractivity contribution is 0.0603. The Hall–Kier alpha value is -3.53. The first kappa shape index (κ1) is 16.9. The second-order valence-corrected chi connectivity index (χ2v) is 6.28. The van der Waals surface area contributed by atoms with Crippen LogP contribution in [0.15, 0.2) is 91.1 Å². The number of ether oxygens (including phenoxy) is 1. The van der Waals surface area contributed by atoms with Gasteiger partial charge in [-0.2, -0.15) is 0 Å². The average molecular weight is 356 g/mol. The summed E-state index contributed by atoms with van der Waals surface area (Å²) >= 11 is 0. The second kappa shape index (κ2) is 7.38. The number of benzene rings is 2. The van der Waals surface area contributed by atoms with Gasteiger partial charge in [-0.25, -0.2) is 4.79 Å². The fourth-order valence-electron chi connectivity index (χ4n) is 3.35. The summed E-state index contributed by atoms with van der Waals surface area (Å²) in [6.07, 6.45) is 1.97. The van der Waals surface area contributed by atoms with Gasteiger partial charge in [-0.15, -0.1) is 0 Å². The van der Waals surface area contributed by atoms with Gasteiger partial charge in [0.25, 0.3) is 0 Å². The van der Waals surface area contributed by atoms with Crippen LogP contribution in [0.2, 0.25) is 0 Å². The molecule has 1 atom stereocenters. The highest BCUT2D eigenvalue weighted by Gasteiger charge is 2.22. The lowest BCUT2D eigenvalue weighted by Gasteiger charge is -2.21. The minimum absolute atomic E-state index is 0.123. The normalized spacial score (nSPS) is 11.9. The molecule has 2 aromatic heterocycles. The van der Waals surface area contributed by atoms with E-state index in [1.165, 1.54) is 7.11 Å². The van der Waals surface area contributed by atoms with Gasteiger partial charge in [0.15, 0.2) is 0 Å². The fourth-order valence-corrected chi connectivity index (χ4v) is 3.35. The molecule has 0 spiro atoms. The number of hydrogen-bond acceptors (Lipinski definition) is 3. The van der Waals surface area contributed by atoms with E-state index in [0.29, 0.717) is 5.56 Å². The van der Waals surface area contributed by atoms with E-state index in [1.807, 2.05) is 83.4 Å². The fraction of sp³-hybridized carbons (Fsp3) is 0.0870. The number of methoxy groups -OCH3 is 1. The van der Waals surface area contributed by atoms with Crippen molar-refractivity contribution in [3.63, 3.8) is 0 Å². The van der Waals surface area contributed by atoms with Crippen molar-refractivity contribution in [3.05, 3.63) is 108 Å². The van der Waals surface area contributed by atoms with Crippen LogP contribution >= 0.6 is 0 Å². The molecule has 2 aromatic carbocycles. The third-order valence-corrected chi connectivity index (χ3v) is 4.62. The van der Waals surface area contributed by atoms with Crippen molar-refractivity contribution < 1.29 is 9.53 Å². The summed E-state index contributed by atoms with van der Waals surface area (Å²) in [5, 5.41) is 3.60. The monoisotopic (exact) mass is 356 g/mol. The summed E-state index contributed by atoms with van der Waals surface area (Å²) in [7, 11) is 1.41. The minimum atomic E-state index is -0.337. The molecular weight excluding hydrogens is 336 g/mol. The first-order valence-corrected chi connectivity index (χ1v) is 8.83. The van der Waals surface area contributed by atoms with Crippen LogP contribution in [0.4, 0.5) is 5.69 Å². The predicted octanol–water partition coefficient (Wildman–Crippen LogP) is 4.93. The van der Waals surface area contributed by atoms with Crippen molar-refractivity contribution in [1.82, 2.24) is 4.40 Å². The SMILES string of the molecule is COC(=O)c1cc(C(Nc2ccccc2)c2ccccc2)n2ccccc12. The number of carbonyl (C=O) groups is 1. The van der Waals surface area contributed by atoms with E-state index >= 15 is 0 Å². The van der Waals surface area contributed by atoms with E-state index < -0.39 is 0 Å². The molecule has 2 heterocycles. The zero-order valence-electron chi connectivity index (χ0n) is 15.0. The van der Waals surface area contributed by atoms with Crippen LogP contribution < -0.4 is 5.32 Å². The first-order valence-electron chi connectivity index (χ1n) is 8.83. The quantitative estimate of drug-likeness (QED) is 0.516. The summed E-state index contributed by atoms with van der Waals surface area (Å²) in [5.74, 6) is -0.337. The van der Waals surface area contributed by atoms with Crippen LogP contribution in [0.25, 0.3) is 5.52 Å². The summed E-state index contributed by atoms with van der Waals surface area (Å²) in [5.41, 5.74) is 4.48. The second-order valence-electron chi connectivity index (χ2n) is 6.28. The third kappa shape index (κ3) is 3.29. The number of pyridine rings is 1. The minimum Gasteiger partial charge on any atom is -0.465 e. The molecule has 4 nitrogen and oxygen atoms in total. The maximum atomic E-state index is 12.3. The van der Waals surface area contributed by atoms with Crippen LogP contribution in [0.3, 0.4) is 0 Å². The highest BCUT2D eigenvalue weighted by Crippen LogP contribution is 2.30. The van der Waals surface area contributed by atoms with Crippen molar-refractivity contribution >= 4 is 17.2 Å². The molecule has 0 fully saturated rings. The van der Waals surface area contributed by atoms with Crippen molar-refractivity contribution in [2.75, 3.05) is 12.4 Å². The van der Waals surface area contributed by atoms with Gasteiger partial charge in [0, 0.05) is 11.9 Å². The lowest BCUT2D eigenvalue weighted by Crippen LogP contribution is -2.14. The molecule has 4 rings (SSSR count). The number of esters is 1. The Morgan fingerprint density at radius 2 is 1.59 bits per heavy atom. The van der Waals surface area contributed by atoms with Crippen LogP contribution in [0, 0.1) is 0 Å². The van der Waals surface area contributed by atoms with Crippen LogP contribution in [-0.4, -0.2) is 17.5 Å². The predicted molar refractivity (Wildman–Crippen MR) is 107 cm³/mol. The first-order chi connectivity index (χ1) is 13.3. The Morgan fingerprint density at radius 3 is 2.30 bits per heavy atom. The number of rotatable bonds is 5. The van der Waals surface area contributed by atoms with E-state index in [2.05, 4.69) is 17.4 Å². The maximum Gasteiger partial charge on any atom is 0.340 e. The molecule has 0 amide bonds. The molecule has 1 unspecified atom stereocenters. The molecule has 0 aliphatic carbocycles. The van der Waals surface area contributed by atoms with Crippen molar-refractivity contribution in [2.24, 2.45) is 0 Å². The summed E-state index contributed by atoms with van der Waals surface area (Å²) < 4.78 is 7.03. The Morgan fingerprint density at radius 1 is 0.926 bits per heavy atom. The van der Waals surface area contributed by atoms with Gasteiger partial charge in [-0.3, -0.25) is 0 Å². The largest absolute Gasteiger partial charge is 0.465 e. The van der Waals surface area contributed by atoms with Gasteiger partial charge >= 0.3 is 5.97 Å². The Kier molecular flexibility index (Phi) is 4.62. The number of nitrogens with zero attached hydrogens (tertiary/aromatic N) is 1. The number of para-hydroxylation sites is 1. The van der Waals surface area contributed by atoms with Crippen molar-refractivity contribution in [2.45, 2.75) is 6.04 Å². The maximum absolute atomic E-state index is 12.3. The highest BCUT2D eigenvalue weighted by atomic mass is 16.5. The highest BCUT2D eigenvalue weighted by molar-refractivity contribution is 5.97. The van der Waals surface area contributed by atoms with Gasteiger partial charge in [-0.05, 0) is 35.9 Å². The van der Waals surface area contributed by atoms with Gasteiger partial charge in [0.05, 0.1) is 29.9 Å². The summed E-state index contributed by atoms with van der Waals surface area (Å²) in [6, 6.07) is 27.9. The molecule has 4 aromatic rings. The van der Waals surface area contributed by atoms with Crippen LogP contribution in [-0.2, 0) is 4.74 Å². The van der Waals surface area contributed by atoms with E-state index in [-0.39, 0.29) is 12.0 Å². The molecule has 134 valence electrons. The van der Waals surface area contributed by atoms with Crippen molar-refractivity contribution in [3.8, 4) is 0 Å². The lowest BCUT2D eigenvalue weighted by atomic mass is 10.0. The number of aromatic nitrogens is 1. The smallest absolute Gasteiger partial charge is 0.340 e. The van der Waals surface area contributed by atoms with Crippen molar-refractivity contribution in [1.29, 1.82) is 0 Å². The molecule has 0 radical (unpaired) electrons. The molecule has 1 N–H and O–H groups in total. The van der Waals surface area contributed by atoms with E-state index in [4.69, 9.17) is 4.74 Å². The number of fused-ring (bicyclic) bond motifs is 1. The van der Waals surface area contributed by atoms with E-state index in [9.17, 15) is 4.79 Å². The Bertz CT molecular complexity index is 1060. The number of nitrogens with one attached hydrogen (secondary N) is 1. The van der Waals surface area contributed by atoms with Crippen LogP contribution in [0.1, 0.15) is 27.7 Å². The zero-order chi connectivity index (χ0) is 18.6. The topological polar surface area (TPSA) is 42.7 Å². The molecule has 0 aliphatic heterocycles. The van der Waals surface area contributed by atoms with Gasteiger partial charge < -0.3 is 14.5 Å². The molecule has 27 heavy (non-hydrogen) atoms. The number of hydrogen-bond donors (Lipinski definition) is 1. The molecule has 0 bridgehead atoms. The van der Waals surface area contributed by atoms with Gasteiger partial charge in [0.1, 0.15) is 0 Å². The summed E-state index contributed by atoms with van der Waals surface area (Å²) in [4.78, 5) is 12.3. The van der Waals surface area contributed by atoms with Crippen LogP contribution in [0.5, 0.6) is 0 Å². The van der Waals surface area contributed by atoms with E-state index in [0.717, 1.165) is 22.5 Å². The Balaban J connectivity index is 1.89. The number of carbonyl (C=O) groups excluding carboxylic acids is 1. The standard InChI is InChI=1S/C23H20N2O2/c1-27-23(26)19-16-21(25-15-9-8-14-20(19)25)22(17-10-4-2-5-11-17)24-18-12-6-3-7-13-18/h2-16,22,24H,1H3. The summed E-state index contributed by atoms with van der Waals surface area (Å²) in [6.45, 7) is 0. The number of anilines is 1. The molecule has 0 saturated carbocycles. The molecule has 0 aliphatic rings. The molecular formula is C23H20N2O2. The molecule has 4 heteroatoms. The van der Waals surface area contributed by atoms with Gasteiger partial charge in [-0.1, -0.05) is 54.6 Å². The Labute approximate surface area is 158 Å². The van der Waals surface area contributed by atoms with Gasteiger partial charge in [0.2, 0.25) is 0 Å². The zero-order valence-corrected chi connectivity index (χ0v) is 15.0. The third-order valence-electron chi connectivity index (χ3n) is 4.62. The molecule has 0 saturated heterocycles. The average Bonchev–Trinajstić information content (AvgIpc) is 3.12.